The molecular weight excluding hydrogens is 754 g/mol. The second-order valence-electron chi connectivity index (χ2n) is 11.6. The number of hydrogen-bond acceptors (Lipinski definition) is 2. The van der Waals surface area contributed by atoms with Crippen molar-refractivity contribution in [3.8, 4) is 0 Å². The summed E-state index contributed by atoms with van der Waals surface area (Å²) in [5.41, 5.74) is -5.31. The van der Waals surface area contributed by atoms with Gasteiger partial charge in [0.2, 0.25) is 0 Å². The van der Waals surface area contributed by atoms with Crippen molar-refractivity contribution in [3.63, 3.8) is 0 Å². The van der Waals surface area contributed by atoms with Gasteiger partial charge in [-0.25, -0.2) is 9.97 Å². The lowest BCUT2D eigenvalue weighted by Gasteiger charge is -2.34. The van der Waals surface area contributed by atoms with Gasteiger partial charge in [0.15, 0.2) is 0 Å². The zero-order valence-electron chi connectivity index (χ0n) is 24.6. The minimum Gasteiger partial charge on any atom is -0.244 e. The van der Waals surface area contributed by atoms with E-state index < -0.39 is 80.6 Å². The van der Waals surface area contributed by atoms with Gasteiger partial charge in [0.1, 0.15) is 0 Å². The Morgan fingerprint density at radius 2 is 0.673 bits per heavy atom. The fourth-order valence-corrected chi connectivity index (χ4v) is 5.57. The van der Waals surface area contributed by atoms with Gasteiger partial charge in [0, 0.05) is 21.9 Å². The number of halogens is 18. The van der Waals surface area contributed by atoms with Crippen molar-refractivity contribution in [2.45, 2.75) is 47.9 Å². The van der Waals surface area contributed by atoms with Crippen molar-refractivity contribution in [1.82, 2.24) is 9.97 Å². The Hall–Kier alpha value is -4.78. The standard InChI is InChI=1S/C32H12F18N2/c33-25(34,27(37,38)29(41,42)31(45,46)47)15-5-7-17-19(11-15)20-12-16(26(35,36)28(39,40)30(43,44)32(48,49)50)6-8-18(20)24-23(17)51-21-9-13-3-1-2-4-14(13)10-22(21)52-24/h1-12H. The molecule has 0 aliphatic rings. The number of benzene rings is 5. The van der Waals surface area contributed by atoms with Gasteiger partial charge in [-0.2, -0.15) is 79.0 Å². The first-order valence-corrected chi connectivity index (χ1v) is 14.0. The van der Waals surface area contributed by atoms with Crippen molar-refractivity contribution in [1.29, 1.82) is 0 Å². The minimum absolute atomic E-state index is 0.0368. The third-order valence-corrected chi connectivity index (χ3v) is 8.39. The summed E-state index contributed by atoms with van der Waals surface area (Å²) in [6, 6.07) is 9.70. The maximum atomic E-state index is 15.1. The molecule has 0 saturated carbocycles. The number of alkyl halides is 18. The monoisotopic (exact) mass is 766 g/mol. The Morgan fingerprint density at radius 1 is 0.346 bits per heavy atom. The largest absolute Gasteiger partial charge is 0.460 e. The minimum atomic E-state index is -7.37. The van der Waals surface area contributed by atoms with E-state index in [9.17, 15) is 61.5 Å². The molecule has 52 heavy (non-hydrogen) atoms. The van der Waals surface area contributed by atoms with Crippen molar-refractivity contribution >= 4 is 54.4 Å². The number of fused-ring (bicyclic) bond motifs is 8. The molecule has 0 radical (unpaired) electrons. The fraction of sp³-hybridized carbons (Fsp3) is 0.250. The van der Waals surface area contributed by atoms with Crippen LogP contribution in [0.1, 0.15) is 11.1 Å². The zero-order valence-corrected chi connectivity index (χ0v) is 24.6. The molecular formula is C32H12F18N2. The quantitative estimate of drug-likeness (QED) is 0.0959. The van der Waals surface area contributed by atoms with E-state index >= 15 is 17.6 Å². The maximum Gasteiger partial charge on any atom is 0.460 e. The Labute approximate surface area is 275 Å². The summed E-state index contributed by atoms with van der Waals surface area (Å²) >= 11 is 0. The van der Waals surface area contributed by atoms with Crippen molar-refractivity contribution in [3.05, 3.63) is 83.9 Å². The van der Waals surface area contributed by atoms with Crippen molar-refractivity contribution in [2.24, 2.45) is 0 Å². The van der Waals surface area contributed by atoms with Crippen LogP contribution in [-0.4, -0.2) is 46.0 Å². The van der Waals surface area contributed by atoms with Crippen LogP contribution in [-0.2, 0) is 11.8 Å². The molecule has 1 heterocycles. The number of hydrogen-bond donors (Lipinski definition) is 0. The van der Waals surface area contributed by atoms with Crippen LogP contribution in [0.2, 0.25) is 0 Å². The molecule has 5 aromatic carbocycles. The van der Waals surface area contributed by atoms with Crippen LogP contribution >= 0.6 is 0 Å². The van der Waals surface area contributed by atoms with Gasteiger partial charge in [-0.1, -0.05) is 48.5 Å². The molecule has 0 aliphatic heterocycles. The molecule has 0 atom stereocenters. The van der Waals surface area contributed by atoms with E-state index in [2.05, 4.69) is 9.97 Å². The van der Waals surface area contributed by atoms with Crippen LogP contribution in [0.4, 0.5) is 79.0 Å². The van der Waals surface area contributed by atoms with Crippen molar-refractivity contribution in [2.75, 3.05) is 0 Å². The zero-order chi connectivity index (χ0) is 38.8. The summed E-state index contributed by atoms with van der Waals surface area (Å²) in [7, 11) is 0. The van der Waals surface area contributed by atoms with Crippen LogP contribution in [0.25, 0.3) is 54.4 Å². The Bertz CT molecular complexity index is 2240. The van der Waals surface area contributed by atoms with E-state index in [1.54, 1.807) is 24.3 Å². The van der Waals surface area contributed by atoms with Crippen LogP contribution in [0.15, 0.2) is 72.8 Å². The molecule has 0 N–H and O–H groups in total. The third-order valence-electron chi connectivity index (χ3n) is 8.39. The summed E-state index contributed by atoms with van der Waals surface area (Å²) in [4.78, 5) is 8.66. The summed E-state index contributed by atoms with van der Waals surface area (Å²) in [5, 5.41) is -2.20. The Morgan fingerprint density at radius 3 is 0.981 bits per heavy atom. The second-order valence-corrected chi connectivity index (χ2v) is 11.6. The highest BCUT2D eigenvalue weighted by Crippen LogP contribution is 2.59. The Kier molecular flexibility index (Phi) is 7.74. The molecule has 0 saturated heterocycles. The highest BCUT2D eigenvalue weighted by Gasteiger charge is 2.83. The van der Waals surface area contributed by atoms with Gasteiger partial charge >= 0.3 is 47.9 Å². The van der Waals surface area contributed by atoms with Crippen LogP contribution in [0, 0.1) is 0 Å². The van der Waals surface area contributed by atoms with E-state index in [4.69, 9.17) is 0 Å². The molecule has 1 aromatic heterocycles. The summed E-state index contributed by atoms with van der Waals surface area (Å²) in [5.74, 6) is -42.0. The molecule has 20 heteroatoms. The van der Waals surface area contributed by atoms with E-state index in [1.807, 2.05) is 0 Å². The van der Waals surface area contributed by atoms with Gasteiger partial charge in [-0.3, -0.25) is 0 Å². The first kappa shape index (κ1) is 37.0. The SMILES string of the molecule is FC(F)(F)C(F)(F)C(F)(F)C(F)(F)c1ccc2c(c1)c1cc(C(F)(F)C(F)(F)C(F)(F)C(F)(F)F)ccc1c1nc3cc4ccccc4cc3nc21. The number of rotatable bonds is 6. The molecule has 276 valence electrons. The number of nitrogens with zero attached hydrogens (tertiary/aromatic N) is 2. The summed E-state index contributed by atoms with van der Waals surface area (Å²) in [6.45, 7) is 0. The first-order valence-electron chi connectivity index (χ1n) is 14.0. The highest BCUT2D eigenvalue weighted by atomic mass is 19.4. The molecule has 0 amide bonds. The highest BCUT2D eigenvalue weighted by molar-refractivity contribution is 6.24. The number of aromatic nitrogens is 2. The van der Waals surface area contributed by atoms with E-state index in [0.29, 0.717) is 22.9 Å². The fourth-order valence-electron chi connectivity index (χ4n) is 5.57. The third kappa shape index (κ3) is 4.91. The average Bonchev–Trinajstić information content (AvgIpc) is 3.04. The lowest BCUT2D eigenvalue weighted by Crippen LogP contribution is -2.59. The topological polar surface area (TPSA) is 25.8 Å². The summed E-state index contributed by atoms with van der Waals surface area (Å²) < 4.78 is 250. The van der Waals surface area contributed by atoms with Gasteiger partial charge < -0.3 is 0 Å². The summed E-state index contributed by atoms with van der Waals surface area (Å²) in [6.07, 6.45) is -14.5. The molecule has 0 fully saturated rings. The van der Waals surface area contributed by atoms with Gasteiger partial charge in [-0.15, -0.1) is 0 Å². The molecule has 0 spiro atoms. The van der Waals surface area contributed by atoms with E-state index in [1.165, 1.54) is 12.1 Å². The molecule has 2 nitrogen and oxygen atoms in total. The normalized spacial score (nSPS) is 14.7. The lowest BCUT2D eigenvalue weighted by atomic mass is 9.90. The molecule has 6 rings (SSSR count). The maximum absolute atomic E-state index is 15.1. The predicted molar refractivity (Wildman–Crippen MR) is 149 cm³/mol. The van der Waals surface area contributed by atoms with Crippen LogP contribution in [0.5, 0.6) is 0 Å². The van der Waals surface area contributed by atoms with Crippen LogP contribution in [0.3, 0.4) is 0 Å². The average molecular weight is 766 g/mol. The van der Waals surface area contributed by atoms with Crippen molar-refractivity contribution < 1.29 is 79.0 Å². The molecule has 0 aliphatic carbocycles. The van der Waals surface area contributed by atoms with E-state index in [0.717, 1.165) is 0 Å². The van der Waals surface area contributed by atoms with Gasteiger partial charge in [-0.05, 0) is 45.8 Å². The molecule has 0 unspecified atom stereocenters. The molecule has 6 aromatic rings. The Balaban J connectivity index is 1.71. The van der Waals surface area contributed by atoms with E-state index in [-0.39, 0.29) is 46.3 Å². The second kappa shape index (κ2) is 10.9. The molecule has 0 bridgehead atoms. The van der Waals surface area contributed by atoms with Crippen LogP contribution < -0.4 is 0 Å². The van der Waals surface area contributed by atoms with Gasteiger partial charge in [0.25, 0.3) is 0 Å². The predicted octanol–water partition coefficient (Wildman–Crippen LogP) is 12.1. The van der Waals surface area contributed by atoms with Gasteiger partial charge in [0.05, 0.1) is 22.1 Å². The smallest absolute Gasteiger partial charge is 0.244 e. The first-order chi connectivity index (χ1) is 23.6. The lowest BCUT2D eigenvalue weighted by molar-refractivity contribution is -0.399.